The van der Waals surface area contributed by atoms with Crippen LogP contribution in [-0.2, 0) is 0 Å². The Hall–Kier alpha value is -3.38. The Morgan fingerprint density at radius 3 is 1.83 bits per heavy atom. The molecule has 6 heteroatoms. The molecule has 0 aliphatic heterocycles. The average Bonchev–Trinajstić information content (AvgIpc) is 2.62. The highest BCUT2D eigenvalue weighted by Crippen LogP contribution is 2.45. The van der Waals surface area contributed by atoms with E-state index in [1.54, 1.807) is 12.1 Å². The van der Waals surface area contributed by atoms with Crippen LogP contribution in [0.2, 0.25) is 0 Å². The molecule has 0 unspecified atom stereocenters. The van der Waals surface area contributed by atoms with Gasteiger partial charge in [-0.2, -0.15) is 0 Å². The predicted octanol–water partition coefficient (Wildman–Crippen LogP) is 3.80. The van der Waals surface area contributed by atoms with Gasteiger partial charge in [0.05, 0.1) is 16.2 Å². The molecule has 0 aliphatic carbocycles. The molecule has 0 saturated heterocycles. The molecular weight excluding hydrogens is 304 g/mol. The van der Waals surface area contributed by atoms with Crippen LogP contribution in [0.1, 0.15) is 0 Å². The smallest absolute Gasteiger partial charge is 0.281 e. The zero-order valence-corrected chi connectivity index (χ0v) is 12.8. The van der Waals surface area contributed by atoms with Gasteiger partial charge in [-0.1, -0.05) is 60.7 Å². The Labute approximate surface area is 138 Å². The summed E-state index contributed by atoms with van der Waals surface area (Å²) in [7, 11) is 0. The standard InChI is InChI=1S/C18H16N4O2/c19-14-11-15(22(23)24)17(13-9-5-2-6-10-13)18(21-20)16(14)12-7-3-1-4-8-12/h1-11,21H,19-20H2. The number of nitrogens with zero attached hydrogens (tertiary/aromatic N) is 1. The van der Waals surface area contributed by atoms with Gasteiger partial charge in [0.2, 0.25) is 0 Å². The van der Waals surface area contributed by atoms with Crippen molar-refractivity contribution in [2.75, 3.05) is 11.2 Å². The summed E-state index contributed by atoms with van der Waals surface area (Å²) in [4.78, 5) is 11.1. The number of hydrogen-bond donors (Lipinski definition) is 3. The van der Waals surface area contributed by atoms with Gasteiger partial charge in [-0.3, -0.25) is 16.0 Å². The van der Waals surface area contributed by atoms with Crippen molar-refractivity contribution in [1.29, 1.82) is 0 Å². The third kappa shape index (κ3) is 2.66. The molecule has 3 aromatic carbocycles. The normalized spacial score (nSPS) is 10.4. The molecule has 0 bridgehead atoms. The molecule has 0 aromatic heterocycles. The molecule has 0 heterocycles. The number of nitro groups is 1. The van der Waals surface area contributed by atoms with Crippen LogP contribution in [-0.4, -0.2) is 4.92 Å². The van der Waals surface area contributed by atoms with E-state index in [1.807, 2.05) is 48.5 Å². The van der Waals surface area contributed by atoms with Gasteiger partial charge in [-0.05, 0) is 11.1 Å². The van der Waals surface area contributed by atoms with Crippen LogP contribution in [0.3, 0.4) is 0 Å². The van der Waals surface area contributed by atoms with Crippen LogP contribution in [0, 0.1) is 10.1 Å². The van der Waals surface area contributed by atoms with Crippen molar-refractivity contribution in [2.45, 2.75) is 0 Å². The number of rotatable bonds is 4. The summed E-state index contributed by atoms with van der Waals surface area (Å²) in [6, 6.07) is 19.9. The first-order valence-electron chi connectivity index (χ1n) is 7.31. The molecule has 3 aromatic rings. The molecule has 0 radical (unpaired) electrons. The lowest BCUT2D eigenvalue weighted by Gasteiger charge is -2.17. The quantitative estimate of drug-likeness (QED) is 0.293. The van der Waals surface area contributed by atoms with E-state index in [4.69, 9.17) is 11.6 Å². The van der Waals surface area contributed by atoms with Crippen LogP contribution >= 0.6 is 0 Å². The van der Waals surface area contributed by atoms with Crippen LogP contribution < -0.4 is 17.0 Å². The Bertz CT molecular complexity index is 881. The second kappa shape index (κ2) is 6.39. The average molecular weight is 320 g/mol. The number of anilines is 2. The second-order valence-corrected chi connectivity index (χ2v) is 5.24. The molecule has 120 valence electrons. The summed E-state index contributed by atoms with van der Waals surface area (Å²) in [5.41, 5.74) is 11.9. The highest BCUT2D eigenvalue weighted by atomic mass is 16.6. The first kappa shape index (κ1) is 15.5. The summed E-state index contributed by atoms with van der Waals surface area (Å²) < 4.78 is 0. The largest absolute Gasteiger partial charge is 0.398 e. The van der Waals surface area contributed by atoms with E-state index >= 15 is 0 Å². The van der Waals surface area contributed by atoms with E-state index in [9.17, 15) is 10.1 Å². The number of benzene rings is 3. The molecule has 3 rings (SSSR count). The highest BCUT2D eigenvalue weighted by Gasteiger charge is 2.25. The van der Waals surface area contributed by atoms with Crippen LogP contribution in [0.15, 0.2) is 66.7 Å². The van der Waals surface area contributed by atoms with Gasteiger partial charge in [0.15, 0.2) is 0 Å². The number of nitro benzene ring substituents is 1. The third-order valence-electron chi connectivity index (χ3n) is 3.80. The van der Waals surface area contributed by atoms with Crippen LogP contribution in [0.5, 0.6) is 0 Å². The Balaban J connectivity index is 2.40. The minimum absolute atomic E-state index is 0.0914. The van der Waals surface area contributed by atoms with Gasteiger partial charge in [0, 0.05) is 17.3 Å². The number of nitrogens with two attached hydrogens (primary N) is 2. The molecule has 24 heavy (non-hydrogen) atoms. The Kier molecular flexibility index (Phi) is 4.13. The third-order valence-corrected chi connectivity index (χ3v) is 3.80. The van der Waals surface area contributed by atoms with E-state index in [1.165, 1.54) is 6.07 Å². The molecule has 0 aliphatic rings. The lowest BCUT2D eigenvalue weighted by molar-refractivity contribution is -0.384. The molecule has 0 saturated carbocycles. The number of nitrogens with one attached hydrogen (secondary N) is 1. The molecule has 0 atom stereocenters. The van der Waals surface area contributed by atoms with E-state index in [0.717, 1.165) is 5.56 Å². The molecular formula is C18H16N4O2. The molecule has 5 N–H and O–H groups in total. The lowest BCUT2D eigenvalue weighted by Crippen LogP contribution is -2.12. The van der Waals surface area contributed by atoms with Crippen LogP contribution in [0.25, 0.3) is 22.3 Å². The van der Waals surface area contributed by atoms with Crippen molar-refractivity contribution in [3.63, 3.8) is 0 Å². The van der Waals surface area contributed by atoms with Gasteiger partial charge in [-0.15, -0.1) is 0 Å². The minimum Gasteiger partial charge on any atom is -0.398 e. The maximum absolute atomic E-state index is 11.5. The first-order chi connectivity index (χ1) is 11.6. The zero-order valence-electron chi connectivity index (χ0n) is 12.8. The summed E-state index contributed by atoms with van der Waals surface area (Å²) in [6.07, 6.45) is 0. The lowest BCUT2D eigenvalue weighted by atomic mass is 9.93. The van der Waals surface area contributed by atoms with Crippen molar-refractivity contribution in [1.82, 2.24) is 0 Å². The Morgan fingerprint density at radius 1 is 0.875 bits per heavy atom. The van der Waals surface area contributed by atoms with Crippen molar-refractivity contribution >= 4 is 17.1 Å². The summed E-state index contributed by atoms with van der Waals surface area (Å²) >= 11 is 0. The van der Waals surface area contributed by atoms with E-state index in [-0.39, 0.29) is 5.69 Å². The monoisotopic (exact) mass is 320 g/mol. The van der Waals surface area contributed by atoms with E-state index in [2.05, 4.69) is 5.43 Å². The number of nitrogen functional groups attached to an aromatic ring is 2. The minimum atomic E-state index is -0.450. The fourth-order valence-electron chi connectivity index (χ4n) is 2.79. The summed E-state index contributed by atoms with van der Waals surface area (Å²) in [5, 5.41) is 11.5. The number of hydrogen-bond acceptors (Lipinski definition) is 5. The zero-order chi connectivity index (χ0) is 17.1. The highest BCUT2D eigenvalue weighted by molar-refractivity contribution is 6.00. The summed E-state index contributed by atoms with van der Waals surface area (Å²) in [6.45, 7) is 0. The first-order valence-corrected chi connectivity index (χ1v) is 7.31. The molecule has 0 amide bonds. The van der Waals surface area contributed by atoms with E-state index in [0.29, 0.717) is 28.1 Å². The summed E-state index contributed by atoms with van der Waals surface area (Å²) in [5.74, 6) is 5.74. The fraction of sp³-hybridized carbons (Fsp3) is 0. The van der Waals surface area contributed by atoms with Gasteiger partial charge in [0.25, 0.3) is 5.69 Å². The molecule has 0 spiro atoms. The van der Waals surface area contributed by atoms with Gasteiger partial charge < -0.3 is 11.2 Å². The van der Waals surface area contributed by atoms with Crippen molar-refractivity contribution in [3.8, 4) is 22.3 Å². The number of hydrazine groups is 1. The topological polar surface area (TPSA) is 107 Å². The van der Waals surface area contributed by atoms with Gasteiger partial charge in [-0.25, -0.2) is 0 Å². The van der Waals surface area contributed by atoms with Gasteiger partial charge in [0.1, 0.15) is 0 Å². The fourth-order valence-corrected chi connectivity index (χ4v) is 2.79. The maximum atomic E-state index is 11.5. The van der Waals surface area contributed by atoms with E-state index < -0.39 is 4.92 Å². The second-order valence-electron chi connectivity index (χ2n) is 5.24. The molecule has 0 fully saturated rings. The molecule has 6 nitrogen and oxygen atoms in total. The van der Waals surface area contributed by atoms with Gasteiger partial charge >= 0.3 is 0 Å². The van der Waals surface area contributed by atoms with Crippen molar-refractivity contribution < 1.29 is 4.92 Å². The van der Waals surface area contributed by atoms with Crippen LogP contribution in [0.4, 0.5) is 17.1 Å². The SMILES string of the molecule is NNc1c(-c2ccccc2)c(N)cc([N+](=O)[O-])c1-c1ccccc1. The van der Waals surface area contributed by atoms with Crippen molar-refractivity contribution in [2.24, 2.45) is 5.84 Å². The predicted molar refractivity (Wildman–Crippen MR) is 96.2 cm³/mol. The Morgan fingerprint density at radius 2 is 1.38 bits per heavy atom. The van der Waals surface area contributed by atoms with Crippen molar-refractivity contribution in [3.05, 3.63) is 76.8 Å². The maximum Gasteiger partial charge on any atom is 0.281 e.